The molecule has 1 saturated carbocycles. The number of amides is 2. The molecule has 0 bridgehead atoms. The Hall–Kier alpha value is -1.51. The van der Waals surface area contributed by atoms with Crippen molar-refractivity contribution in [2.75, 3.05) is 0 Å². The highest BCUT2D eigenvalue weighted by Gasteiger charge is 2.21. The molecule has 0 atom stereocenters. The molecule has 2 N–H and O–H groups in total. The first kappa shape index (κ1) is 15.4. The predicted molar refractivity (Wildman–Crippen MR) is 89.9 cm³/mol. The molecule has 0 aromatic heterocycles. The third-order valence-electron chi connectivity index (χ3n) is 5.38. The smallest absolute Gasteiger partial charge is 0.315 e. The zero-order valence-corrected chi connectivity index (χ0v) is 13.7. The van der Waals surface area contributed by atoms with Gasteiger partial charge in [-0.05, 0) is 67.6 Å². The monoisotopic (exact) mass is 300 g/mol. The van der Waals surface area contributed by atoms with E-state index < -0.39 is 0 Å². The van der Waals surface area contributed by atoms with Gasteiger partial charge in [-0.25, -0.2) is 4.79 Å². The van der Waals surface area contributed by atoms with E-state index in [0.29, 0.717) is 12.6 Å². The lowest BCUT2D eigenvalue weighted by Gasteiger charge is -2.28. The van der Waals surface area contributed by atoms with Gasteiger partial charge in [-0.1, -0.05) is 31.5 Å². The largest absolute Gasteiger partial charge is 0.335 e. The molecule has 0 spiro atoms. The standard InChI is InChI=1S/C19H28N2O/c1-2-14-7-10-18(11-8-14)21-19(22)20-13-15-6-9-16-4-3-5-17(16)12-15/h6,9,12,14,18H,2-5,7-8,10-11,13H2,1H3,(H2,20,21,22). The highest BCUT2D eigenvalue weighted by Crippen LogP contribution is 2.26. The second-order valence-electron chi connectivity index (χ2n) is 6.91. The summed E-state index contributed by atoms with van der Waals surface area (Å²) in [5, 5.41) is 6.15. The summed E-state index contributed by atoms with van der Waals surface area (Å²) in [5.74, 6) is 0.868. The van der Waals surface area contributed by atoms with Gasteiger partial charge in [0.1, 0.15) is 0 Å². The molecule has 1 fully saturated rings. The molecular formula is C19H28N2O. The van der Waals surface area contributed by atoms with Crippen molar-refractivity contribution >= 4 is 6.03 Å². The van der Waals surface area contributed by atoms with Crippen molar-refractivity contribution in [1.29, 1.82) is 0 Å². The molecule has 0 unspecified atom stereocenters. The second-order valence-corrected chi connectivity index (χ2v) is 6.91. The van der Waals surface area contributed by atoms with E-state index in [-0.39, 0.29) is 6.03 Å². The number of hydrogen-bond donors (Lipinski definition) is 2. The zero-order chi connectivity index (χ0) is 15.4. The van der Waals surface area contributed by atoms with Crippen molar-refractivity contribution in [3.8, 4) is 0 Å². The molecule has 2 amide bonds. The van der Waals surface area contributed by atoms with Crippen LogP contribution in [0.1, 0.15) is 62.1 Å². The number of nitrogens with one attached hydrogen (secondary N) is 2. The Morgan fingerprint density at radius 2 is 1.91 bits per heavy atom. The van der Waals surface area contributed by atoms with Crippen LogP contribution in [0.25, 0.3) is 0 Å². The number of rotatable bonds is 4. The molecule has 1 aromatic carbocycles. The number of benzene rings is 1. The van der Waals surface area contributed by atoms with Gasteiger partial charge >= 0.3 is 6.03 Å². The van der Waals surface area contributed by atoms with Gasteiger partial charge < -0.3 is 10.6 Å². The van der Waals surface area contributed by atoms with Crippen molar-refractivity contribution in [1.82, 2.24) is 10.6 Å². The van der Waals surface area contributed by atoms with Crippen molar-refractivity contribution in [3.63, 3.8) is 0 Å². The average molecular weight is 300 g/mol. The molecule has 2 aliphatic rings. The van der Waals surface area contributed by atoms with Crippen LogP contribution >= 0.6 is 0 Å². The number of urea groups is 1. The van der Waals surface area contributed by atoms with Crippen LogP contribution in [-0.4, -0.2) is 12.1 Å². The van der Waals surface area contributed by atoms with Gasteiger partial charge in [0.2, 0.25) is 0 Å². The number of hydrogen-bond acceptors (Lipinski definition) is 1. The van der Waals surface area contributed by atoms with E-state index in [1.807, 2.05) is 0 Å². The fourth-order valence-corrected chi connectivity index (χ4v) is 3.87. The summed E-state index contributed by atoms with van der Waals surface area (Å²) in [7, 11) is 0. The van der Waals surface area contributed by atoms with Gasteiger partial charge in [-0.3, -0.25) is 0 Å². The van der Waals surface area contributed by atoms with Gasteiger partial charge in [0.15, 0.2) is 0 Å². The van der Waals surface area contributed by atoms with Crippen LogP contribution in [0.15, 0.2) is 18.2 Å². The Bertz CT molecular complexity index is 518. The highest BCUT2D eigenvalue weighted by molar-refractivity contribution is 5.74. The van der Waals surface area contributed by atoms with E-state index in [9.17, 15) is 4.79 Å². The first-order valence-corrected chi connectivity index (χ1v) is 8.89. The Labute approximate surface area is 133 Å². The number of fused-ring (bicyclic) bond motifs is 1. The quantitative estimate of drug-likeness (QED) is 0.868. The lowest BCUT2D eigenvalue weighted by atomic mass is 9.85. The Morgan fingerprint density at radius 1 is 1.14 bits per heavy atom. The second kappa shape index (κ2) is 7.17. The number of carbonyl (C=O) groups excluding carboxylic acids is 1. The van der Waals surface area contributed by atoms with Crippen molar-refractivity contribution in [2.45, 2.75) is 70.9 Å². The zero-order valence-electron chi connectivity index (χ0n) is 13.7. The Balaban J connectivity index is 1.43. The highest BCUT2D eigenvalue weighted by atomic mass is 16.2. The van der Waals surface area contributed by atoms with E-state index in [1.54, 1.807) is 0 Å². The predicted octanol–water partition coefficient (Wildman–Crippen LogP) is 3.94. The van der Waals surface area contributed by atoms with Crippen LogP contribution in [-0.2, 0) is 19.4 Å². The minimum atomic E-state index is -0.0135. The molecule has 0 saturated heterocycles. The first-order chi connectivity index (χ1) is 10.7. The fraction of sp³-hybridized carbons (Fsp3) is 0.632. The van der Waals surface area contributed by atoms with Gasteiger partial charge in [0.05, 0.1) is 0 Å². The van der Waals surface area contributed by atoms with Crippen LogP contribution in [0.3, 0.4) is 0 Å². The summed E-state index contributed by atoms with van der Waals surface area (Å²) in [6, 6.07) is 6.98. The molecule has 2 aliphatic carbocycles. The van der Waals surface area contributed by atoms with Gasteiger partial charge in [0, 0.05) is 12.6 Å². The third kappa shape index (κ3) is 3.82. The van der Waals surface area contributed by atoms with E-state index in [1.165, 1.54) is 55.2 Å². The topological polar surface area (TPSA) is 41.1 Å². The maximum Gasteiger partial charge on any atom is 0.315 e. The maximum absolute atomic E-state index is 12.0. The lowest BCUT2D eigenvalue weighted by Crippen LogP contribution is -2.43. The molecule has 3 heteroatoms. The molecule has 1 aromatic rings. The molecule has 0 heterocycles. The first-order valence-electron chi connectivity index (χ1n) is 8.89. The maximum atomic E-state index is 12.0. The summed E-state index contributed by atoms with van der Waals surface area (Å²) in [6.45, 7) is 2.89. The average Bonchev–Trinajstić information content (AvgIpc) is 3.01. The van der Waals surface area contributed by atoms with Crippen molar-refractivity contribution < 1.29 is 4.79 Å². The Kier molecular flexibility index (Phi) is 5.01. The summed E-state index contributed by atoms with van der Waals surface area (Å²) < 4.78 is 0. The Morgan fingerprint density at radius 3 is 2.68 bits per heavy atom. The summed E-state index contributed by atoms with van der Waals surface area (Å²) in [6.07, 6.45) is 9.72. The minimum Gasteiger partial charge on any atom is -0.335 e. The fourth-order valence-electron chi connectivity index (χ4n) is 3.87. The van der Waals surface area contributed by atoms with Crippen LogP contribution < -0.4 is 10.6 Å². The molecule has 120 valence electrons. The summed E-state index contributed by atoms with van der Waals surface area (Å²) in [4.78, 5) is 12.0. The number of aryl methyl sites for hydroxylation is 2. The van der Waals surface area contributed by atoms with Crippen molar-refractivity contribution in [2.24, 2.45) is 5.92 Å². The molecular weight excluding hydrogens is 272 g/mol. The number of carbonyl (C=O) groups is 1. The SMILES string of the molecule is CCC1CCC(NC(=O)NCc2ccc3c(c2)CCC3)CC1. The molecule has 22 heavy (non-hydrogen) atoms. The van der Waals surface area contributed by atoms with E-state index in [2.05, 4.69) is 35.8 Å². The van der Waals surface area contributed by atoms with Gasteiger partial charge in [0.25, 0.3) is 0 Å². The molecule has 0 aliphatic heterocycles. The molecule has 0 radical (unpaired) electrons. The van der Waals surface area contributed by atoms with E-state index in [0.717, 1.165) is 18.8 Å². The molecule has 3 nitrogen and oxygen atoms in total. The van der Waals surface area contributed by atoms with Gasteiger partial charge in [-0.15, -0.1) is 0 Å². The van der Waals surface area contributed by atoms with Crippen LogP contribution in [0.5, 0.6) is 0 Å². The van der Waals surface area contributed by atoms with Crippen molar-refractivity contribution in [3.05, 3.63) is 34.9 Å². The van der Waals surface area contributed by atoms with Crippen LogP contribution in [0.4, 0.5) is 4.79 Å². The lowest BCUT2D eigenvalue weighted by molar-refractivity contribution is 0.226. The van der Waals surface area contributed by atoms with Gasteiger partial charge in [-0.2, -0.15) is 0 Å². The van der Waals surface area contributed by atoms with Crippen LogP contribution in [0, 0.1) is 5.92 Å². The minimum absolute atomic E-state index is 0.0135. The summed E-state index contributed by atoms with van der Waals surface area (Å²) in [5.41, 5.74) is 4.17. The summed E-state index contributed by atoms with van der Waals surface area (Å²) >= 11 is 0. The third-order valence-corrected chi connectivity index (χ3v) is 5.38. The van der Waals surface area contributed by atoms with Crippen LogP contribution in [0.2, 0.25) is 0 Å². The van der Waals surface area contributed by atoms with E-state index >= 15 is 0 Å². The molecule has 3 rings (SSSR count). The normalized spacial score (nSPS) is 23.9. The van der Waals surface area contributed by atoms with E-state index in [4.69, 9.17) is 0 Å².